The summed E-state index contributed by atoms with van der Waals surface area (Å²) in [6.07, 6.45) is 0. The van der Waals surface area contributed by atoms with Crippen LogP contribution in [0.15, 0.2) is 114 Å². The highest BCUT2D eigenvalue weighted by Gasteiger charge is 2.43. The largest absolute Gasteiger partial charge is 0.454 e. The summed E-state index contributed by atoms with van der Waals surface area (Å²) in [4.78, 5) is 0. The third-order valence-electron chi connectivity index (χ3n) is 9.70. The molecule has 0 spiro atoms. The van der Waals surface area contributed by atoms with E-state index in [1.807, 2.05) is 0 Å². The molecule has 0 unspecified atom stereocenters. The fourth-order valence-electron chi connectivity index (χ4n) is 8.26. The Morgan fingerprint density at radius 1 is 0.585 bits per heavy atom. The molecule has 0 fully saturated rings. The third kappa shape index (κ3) is 2.22. The molecule has 11 rings (SSSR count). The molecule has 0 saturated heterocycles. The van der Waals surface area contributed by atoms with Gasteiger partial charge >= 0.3 is 6.85 Å². The lowest BCUT2D eigenvalue weighted by atomic mass is 9.45. The molecule has 0 atom stereocenters. The fraction of sp³-hybridized carbons (Fsp3) is 0.0270. The normalized spacial score (nSPS) is 13.4. The number of furan rings is 1. The SMILES string of the molecule is Cc1cc2c3c(c1)c1ccccc1n3-c1c3c(cc4c1oc1ccccc14)-c1cccc4c5ccccc5n(c14)B32. The van der Waals surface area contributed by atoms with Crippen LogP contribution in [0.3, 0.4) is 0 Å². The highest BCUT2D eigenvalue weighted by molar-refractivity contribution is 6.90. The topological polar surface area (TPSA) is 23.0 Å². The Bertz CT molecular complexity index is 2670. The molecule has 0 radical (unpaired) electrons. The summed E-state index contributed by atoms with van der Waals surface area (Å²) >= 11 is 0. The van der Waals surface area contributed by atoms with Crippen LogP contribution in [0.4, 0.5) is 0 Å². The summed E-state index contributed by atoms with van der Waals surface area (Å²) < 4.78 is 11.9. The van der Waals surface area contributed by atoms with Crippen molar-refractivity contribution >= 4 is 83.3 Å². The molecule has 2 aliphatic heterocycles. The van der Waals surface area contributed by atoms with Crippen molar-refractivity contribution in [3.05, 3.63) is 115 Å². The average molecular weight is 520 g/mol. The summed E-state index contributed by atoms with van der Waals surface area (Å²) in [5, 5.41) is 7.56. The predicted octanol–water partition coefficient (Wildman–Crippen LogP) is 8.05. The molecule has 0 amide bonds. The van der Waals surface area contributed by atoms with Crippen molar-refractivity contribution in [2.45, 2.75) is 6.92 Å². The van der Waals surface area contributed by atoms with E-state index in [9.17, 15) is 0 Å². The van der Waals surface area contributed by atoms with Gasteiger partial charge < -0.3 is 13.5 Å². The van der Waals surface area contributed by atoms with Crippen LogP contribution in [0.1, 0.15) is 5.56 Å². The van der Waals surface area contributed by atoms with Gasteiger partial charge in [-0.15, -0.1) is 0 Å². The second-order valence-electron chi connectivity index (χ2n) is 11.8. The van der Waals surface area contributed by atoms with E-state index in [1.54, 1.807) is 0 Å². The van der Waals surface area contributed by atoms with E-state index < -0.39 is 0 Å². The van der Waals surface area contributed by atoms with Crippen molar-refractivity contribution < 1.29 is 4.42 Å². The summed E-state index contributed by atoms with van der Waals surface area (Å²) in [6, 6.07) is 40.3. The van der Waals surface area contributed by atoms with Crippen molar-refractivity contribution in [2.75, 3.05) is 0 Å². The van der Waals surface area contributed by atoms with Gasteiger partial charge in [0.05, 0.1) is 16.7 Å². The number of nitrogens with zero attached hydrogens (tertiary/aromatic N) is 2. The number of benzene rings is 6. The second-order valence-corrected chi connectivity index (χ2v) is 11.8. The molecule has 188 valence electrons. The smallest absolute Gasteiger partial charge is 0.333 e. The number of para-hydroxylation sites is 4. The van der Waals surface area contributed by atoms with Gasteiger partial charge in [-0.2, -0.15) is 0 Å². The molecule has 6 aromatic carbocycles. The van der Waals surface area contributed by atoms with Gasteiger partial charge in [0.2, 0.25) is 0 Å². The lowest BCUT2D eigenvalue weighted by Gasteiger charge is -2.34. The van der Waals surface area contributed by atoms with Gasteiger partial charge in [-0.05, 0) is 53.7 Å². The first-order chi connectivity index (χ1) is 20.3. The van der Waals surface area contributed by atoms with Gasteiger partial charge in [0.25, 0.3) is 0 Å². The molecule has 9 aromatic rings. The quantitative estimate of drug-likeness (QED) is 0.186. The molecule has 0 bridgehead atoms. The number of rotatable bonds is 0. The lowest BCUT2D eigenvalue weighted by Crippen LogP contribution is -2.55. The van der Waals surface area contributed by atoms with Crippen LogP contribution in [0.5, 0.6) is 0 Å². The Morgan fingerprint density at radius 3 is 2.20 bits per heavy atom. The molecule has 0 N–H and O–H groups in total. The molecule has 3 nitrogen and oxygen atoms in total. The summed E-state index contributed by atoms with van der Waals surface area (Å²) in [6.45, 7) is 2.27. The lowest BCUT2D eigenvalue weighted by molar-refractivity contribution is 0.667. The van der Waals surface area contributed by atoms with E-state index in [1.165, 1.54) is 87.7 Å². The van der Waals surface area contributed by atoms with E-state index in [2.05, 4.69) is 125 Å². The molecule has 0 aliphatic carbocycles. The molecular weight excluding hydrogens is 499 g/mol. The first-order valence-corrected chi connectivity index (χ1v) is 14.3. The fourth-order valence-corrected chi connectivity index (χ4v) is 8.26. The van der Waals surface area contributed by atoms with Crippen LogP contribution in [0, 0.1) is 6.92 Å². The molecule has 0 saturated carbocycles. The van der Waals surface area contributed by atoms with Crippen molar-refractivity contribution in [1.29, 1.82) is 0 Å². The van der Waals surface area contributed by atoms with Crippen LogP contribution in [0.2, 0.25) is 0 Å². The number of aryl methyl sites for hydroxylation is 1. The minimum Gasteiger partial charge on any atom is -0.454 e. The number of fused-ring (bicyclic) bond motifs is 14. The maximum absolute atomic E-state index is 6.81. The highest BCUT2D eigenvalue weighted by Crippen LogP contribution is 2.46. The van der Waals surface area contributed by atoms with Crippen molar-refractivity contribution in [3.8, 4) is 16.8 Å². The first kappa shape index (κ1) is 20.7. The van der Waals surface area contributed by atoms with Crippen LogP contribution in [-0.2, 0) is 0 Å². The molecule has 2 aliphatic rings. The number of hydrogen-bond acceptors (Lipinski definition) is 1. The van der Waals surface area contributed by atoms with Crippen molar-refractivity contribution in [2.24, 2.45) is 0 Å². The van der Waals surface area contributed by atoms with Gasteiger partial charge in [-0.3, -0.25) is 0 Å². The average Bonchev–Trinajstić information content (AvgIpc) is 3.66. The number of aromatic nitrogens is 2. The Hall–Kier alpha value is -5.22. The van der Waals surface area contributed by atoms with Gasteiger partial charge in [0.1, 0.15) is 5.58 Å². The third-order valence-corrected chi connectivity index (χ3v) is 9.70. The monoisotopic (exact) mass is 520 g/mol. The zero-order valence-electron chi connectivity index (χ0n) is 22.3. The van der Waals surface area contributed by atoms with Crippen LogP contribution < -0.4 is 10.9 Å². The van der Waals surface area contributed by atoms with Crippen LogP contribution in [0.25, 0.3) is 82.4 Å². The molecule has 4 heteroatoms. The van der Waals surface area contributed by atoms with Crippen LogP contribution >= 0.6 is 0 Å². The number of hydrogen-bond donors (Lipinski definition) is 0. The summed E-state index contributed by atoms with van der Waals surface area (Å²) in [5.41, 5.74) is 14.8. The van der Waals surface area contributed by atoms with E-state index >= 15 is 0 Å². The minimum atomic E-state index is 0.0362. The van der Waals surface area contributed by atoms with E-state index in [0.717, 1.165) is 11.2 Å². The zero-order valence-corrected chi connectivity index (χ0v) is 22.3. The summed E-state index contributed by atoms with van der Waals surface area (Å²) in [5.74, 6) is 0. The van der Waals surface area contributed by atoms with E-state index in [0.29, 0.717) is 0 Å². The predicted molar refractivity (Wildman–Crippen MR) is 172 cm³/mol. The van der Waals surface area contributed by atoms with Gasteiger partial charge in [0.15, 0.2) is 5.58 Å². The standard InChI is InChI=1S/C37H21BN2O/c1-20-17-27-22-10-2-5-14-30(22)39-35(27)29(18-20)38-33-26(19-28-23-11-4-7-16-32(23)41-37(28)36(33)39)25-13-8-12-24-21-9-3-6-15-31(21)40(38)34(24)25/h2-19H,1H3. The molecule has 3 aromatic heterocycles. The van der Waals surface area contributed by atoms with Crippen molar-refractivity contribution in [3.63, 3.8) is 0 Å². The highest BCUT2D eigenvalue weighted by atomic mass is 16.3. The van der Waals surface area contributed by atoms with E-state index in [-0.39, 0.29) is 6.85 Å². The first-order valence-electron chi connectivity index (χ1n) is 14.3. The Kier molecular flexibility index (Phi) is 3.39. The molecule has 41 heavy (non-hydrogen) atoms. The molecule has 5 heterocycles. The Balaban J connectivity index is 1.50. The molecular formula is C37H21BN2O. The second kappa shape index (κ2) is 6.73. The van der Waals surface area contributed by atoms with E-state index in [4.69, 9.17) is 4.42 Å². The Morgan fingerprint density at radius 2 is 1.32 bits per heavy atom. The minimum absolute atomic E-state index is 0.0362. The van der Waals surface area contributed by atoms with Gasteiger partial charge in [0, 0.05) is 48.9 Å². The van der Waals surface area contributed by atoms with Gasteiger partial charge in [-0.25, -0.2) is 0 Å². The van der Waals surface area contributed by atoms with Crippen LogP contribution in [-0.4, -0.2) is 15.9 Å². The zero-order chi connectivity index (χ0) is 26.6. The maximum atomic E-state index is 6.81. The summed E-state index contributed by atoms with van der Waals surface area (Å²) in [7, 11) is 0. The Labute approximate surface area is 234 Å². The maximum Gasteiger partial charge on any atom is 0.333 e. The van der Waals surface area contributed by atoms with Gasteiger partial charge in [-0.1, -0.05) is 84.4 Å². The van der Waals surface area contributed by atoms with Crippen molar-refractivity contribution in [1.82, 2.24) is 9.05 Å².